The van der Waals surface area contributed by atoms with Crippen LogP contribution in [0.1, 0.15) is 22.8 Å². The first-order valence-electron chi connectivity index (χ1n) is 7.41. The molecule has 0 aromatic heterocycles. The number of methoxy groups -OCH3 is 1. The van der Waals surface area contributed by atoms with E-state index in [-0.39, 0.29) is 12.2 Å². The lowest BCUT2D eigenvalue weighted by Crippen LogP contribution is -2.07. The summed E-state index contributed by atoms with van der Waals surface area (Å²) in [6.07, 6.45) is 0. The fourth-order valence-electron chi connectivity index (χ4n) is 2.17. The molecule has 8 nitrogen and oxygen atoms in total. The monoisotopic (exact) mass is 347 g/mol. The van der Waals surface area contributed by atoms with Crippen LogP contribution in [0.5, 0.6) is 17.2 Å². The van der Waals surface area contributed by atoms with E-state index in [9.17, 15) is 20.0 Å². The van der Waals surface area contributed by atoms with Crippen LogP contribution in [0.15, 0.2) is 36.4 Å². The van der Waals surface area contributed by atoms with Gasteiger partial charge in [-0.3, -0.25) is 10.1 Å². The highest BCUT2D eigenvalue weighted by Gasteiger charge is 2.22. The van der Waals surface area contributed by atoms with Crippen LogP contribution < -0.4 is 9.47 Å². The van der Waals surface area contributed by atoms with Gasteiger partial charge in [-0.25, -0.2) is 4.79 Å². The number of nitro groups is 1. The second kappa shape index (κ2) is 8.00. The fraction of sp³-hybridized carbons (Fsp3) is 0.235. The number of nitro benzene ring substituents is 1. The van der Waals surface area contributed by atoms with Gasteiger partial charge in [-0.05, 0) is 25.1 Å². The van der Waals surface area contributed by atoms with E-state index in [1.54, 1.807) is 18.2 Å². The Morgan fingerprint density at radius 3 is 2.68 bits per heavy atom. The number of hydrogen-bond donors (Lipinski definition) is 1. The Labute approximate surface area is 143 Å². The Kier molecular flexibility index (Phi) is 5.78. The summed E-state index contributed by atoms with van der Waals surface area (Å²) in [5, 5.41) is 20.6. The van der Waals surface area contributed by atoms with Crippen LogP contribution in [0.2, 0.25) is 0 Å². The van der Waals surface area contributed by atoms with Gasteiger partial charge in [0.05, 0.1) is 18.6 Å². The minimum Gasteiger partial charge on any atom is -0.501 e. The van der Waals surface area contributed by atoms with Crippen molar-refractivity contribution in [1.82, 2.24) is 0 Å². The zero-order valence-corrected chi connectivity index (χ0v) is 13.7. The van der Waals surface area contributed by atoms with E-state index >= 15 is 0 Å². The number of esters is 1. The maximum Gasteiger partial charge on any atom is 0.342 e. The molecular weight excluding hydrogens is 330 g/mol. The molecule has 2 aromatic rings. The molecule has 0 aliphatic carbocycles. The average Bonchev–Trinajstić information content (AvgIpc) is 2.60. The molecule has 0 radical (unpaired) electrons. The predicted molar refractivity (Wildman–Crippen MR) is 88.0 cm³/mol. The van der Waals surface area contributed by atoms with Crippen molar-refractivity contribution >= 4 is 11.7 Å². The number of aromatic hydroxyl groups is 1. The topological polar surface area (TPSA) is 108 Å². The quantitative estimate of drug-likeness (QED) is 0.466. The van der Waals surface area contributed by atoms with Gasteiger partial charge in [-0.15, -0.1) is 0 Å². The molecule has 0 aliphatic heterocycles. The first-order chi connectivity index (χ1) is 12.0. The number of carbonyl (C=O) groups is 1. The van der Waals surface area contributed by atoms with Gasteiger partial charge in [0.1, 0.15) is 23.7 Å². The molecular formula is C17H17NO7. The van der Waals surface area contributed by atoms with Crippen molar-refractivity contribution in [3.8, 4) is 17.2 Å². The van der Waals surface area contributed by atoms with E-state index in [1.165, 1.54) is 19.2 Å². The molecule has 0 saturated carbocycles. The largest absolute Gasteiger partial charge is 0.501 e. The maximum absolute atomic E-state index is 12.1. The first kappa shape index (κ1) is 18.1. The summed E-state index contributed by atoms with van der Waals surface area (Å²) in [7, 11) is 1.47. The average molecular weight is 347 g/mol. The van der Waals surface area contributed by atoms with E-state index < -0.39 is 22.3 Å². The molecule has 2 rings (SSSR count). The molecule has 0 unspecified atom stereocenters. The van der Waals surface area contributed by atoms with Crippen molar-refractivity contribution in [2.75, 3.05) is 13.7 Å². The van der Waals surface area contributed by atoms with E-state index in [0.717, 1.165) is 6.07 Å². The zero-order valence-electron chi connectivity index (χ0n) is 13.7. The minimum absolute atomic E-state index is 0.128. The summed E-state index contributed by atoms with van der Waals surface area (Å²) >= 11 is 0. The molecule has 1 N–H and O–H groups in total. The number of phenolic OH excluding ortho intramolecular Hbond substituents is 1. The van der Waals surface area contributed by atoms with Gasteiger partial charge in [-0.2, -0.15) is 0 Å². The lowest BCUT2D eigenvalue weighted by molar-refractivity contribution is -0.385. The second-order valence-electron chi connectivity index (χ2n) is 4.91. The van der Waals surface area contributed by atoms with Gasteiger partial charge in [-0.1, -0.05) is 6.07 Å². The molecule has 0 amide bonds. The SMILES string of the molecule is CCOc1ccc(COC(=O)c2cccc([N+](=O)[O-])c2O)c(OC)c1. The van der Waals surface area contributed by atoms with Crippen molar-refractivity contribution in [1.29, 1.82) is 0 Å². The minimum atomic E-state index is -0.878. The van der Waals surface area contributed by atoms with Crippen LogP contribution in [-0.2, 0) is 11.3 Å². The van der Waals surface area contributed by atoms with Gasteiger partial charge in [0, 0.05) is 17.7 Å². The second-order valence-corrected chi connectivity index (χ2v) is 4.91. The number of hydrogen-bond acceptors (Lipinski definition) is 7. The Bertz CT molecular complexity index is 789. The Balaban J connectivity index is 2.15. The molecule has 0 heterocycles. The van der Waals surface area contributed by atoms with Crippen LogP contribution in [0.4, 0.5) is 5.69 Å². The standard InChI is InChI=1S/C17H17NO7/c1-3-24-12-8-7-11(15(9-12)23-2)10-25-17(20)13-5-4-6-14(16(13)19)18(21)22/h4-9,19H,3,10H2,1-2H3. The number of rotatable bonds is 7. The molecule has 0 saturated heterocycles. The first-order valence-corrected chi connectivity index (χ1v) is 7.41. The predicted octanol–water partition coefficient (Wildman–Crippen LogP) is 3.06. The van der Waals surface area contributed by atoms with Crippen molar-refractivity contribution in [3.63, 3.8) is 0 Å². The third kappa shape index (κ3) is 4.17. The lowest BCUT2D eigenvalue weighted by Gasteiger charge is -2.12. The van der Waals surface area contributed by atoms with Crippen molar-refractivity contribution in [2.45, 2.75) is 13.5 Å². The summed E-state index contributed by atoms with van der Waals surface area (Å²) < 4.78 is 15.7. The number of nitrogens with zero attached hydrogens (tertiary/aromatic N) is 1. The number of phenols is 1. The van der Waals surface area contributed by atoms with Gasteiger partial charge in [0.25, 0.3) is 0 Å². The van der Waals surface area contributed by atoms with Crippen LogP contribution in [0, 0.1) is 10.1 Å². The molecule has 132 valence electrons. The molecule has 0 bridgehead atoms. The number of benzene rings is 2. The Morgan fingerprint density at radius 1 is 1.28 bits per heavy atom. The van der Waals surface area contributed by atoms with Crippen LogP contribution in [0.25, 0.3) is 0 Å². The molecule has 2 aromatic carbocycles. The normalized spacial score (nSPS) is 10.2. The lowest BCUT2D eigenvalue weighted by atomic mass is 10.1. The molecule has 25 heavy (non-hydrogen) atoms. The highest BCUT2D eigenvalue weighted by molar-refractivity contribution is 5.93. The number of ether oxygens (including phenoxy) is 3. The molecule has 0 spiro atoms. The molecule has 0 atom stereocenters. The van der Waals surface area contributed by atoms with Crippen LogP contribution >= 0.6 is 0 Å². The molecule has 0 aliphatic rings. The summed E-state index contributed by atoms with van der Waals surface area (Å²) in [5.74, 6) is -0.513. The summed E-state index contributed by atoms with van der Waals surface area (Å²) in [6, 6.07) is 8.70. The van der Waals surface area contributed by atoms with Crippen molar-refractivity contribution < 1.29 is 29.0 Å². The number of para-hydroxylation sites is 1. The summed E-state index contributed by atoms with van der Waals surface area (Å²) in [4.78, 5) is 22.1. The number of carbonyl (C=O) groups excluding carboxylic acids is 1. The molecule has 0 fully saturated rings. The molecule has 8 heteroatoms. The van der Waals surface area contributed by atoms with E-state index in [4.69, 9.17) is 14.2 Å². The van der Waals surface area contributed by atoms with Crippen molar-refractivity contribution in [2.24, 2.45) is 0 Å². The Morgan fingerprint density at radius 2 is 2.04 bits per heavy atom. The van der Waals surface area contributed by atoms with Crippen LogP contribution in [0.3, 0.4) is 0 Å². The van der Waals surface area contributed by atoms with E-state index in [0.29, 0.717) is 23.7 Å². The Hall–Kier alpha value is -3.29. The van der Waals surface area contributed by atoms with E-state index in [2.05, 4.69) is 0 Å². The van der Waals surface area contributed by atoms with E-state index in [1.807, 2.05) is 6.92 Å². The third-order valence-electron chi connectivity index (χ3n) is 3.36. The van der Waals surface area contributed by atoms with Gasteiger partial charge >= 0.3 is 11.7 Å². The van der Waals surface area contributed by atoms with Gasteiger partial charge in [0.15, 0.2) is 0 Å². The smallest absolute Gasteiger partial charge is 0.342 e. The maximum atomic E-state index is 12.1. The fourth-order valence-corrected chi connectivity index (χ4v) is 2.17. The van der Waals surface area contributed by atoms with Crippen LogP contribution in [-0.4, -0.2) is 29.7 Å². The summed E-state index contributed by atoms with van der Waals surface area (Å²) in [6.45, 7) is 2.23. The van der Waals surface area contributed by atoms with Gasteiger partial charge < -0.3 is 19.3 Å². The summed E-state index contributed by atoms with van der Waals surface area (Å²) in [5.41, 5.74) is -0.253. The van der Waals surface area contributed by atoms with Crippen molar-refractivity contribution in [3.05, 3.63) is 57.6 Å². The highest BCUT2D eigenvalue weighted by Crippen LogP contribution is 2.30. The zero-order chi connectivity index (χ0) is 18.4. The highest BCUT2D eigenvalue weighted by atomic mass is 16.6. The third-order valence-corrected chi connectivity index (χ3v) is 3.36. The van der Waals surface area contributed by atoms with Gasteiger partial charge in [0.2, 0.25) is 5.75 Å².